The Labute approximate surface area is 341 Å². The number of phenols is 2. The number of phenolic OH excluding ortho intramolecular Hbond substituents is 2. The van der Waals surface area contributed by atoms with Crippen LogP contribution in [0.5, 0.6) is 23.0 Å². The molecule has 9 N–H and O–H groups in total. The fourth-order valence-electron chi connectivity index (χ4n) is 8.07. The van der Waals surface area contributed by atoms with E-state index in [1.165, 1.54) is 56.5 Å². The van der Waals surface area contributed by atoms with Gasteiger partial charge in [-0.3, -0.25) is 14.4 Å². The first-order valence-electron chi connectivity index (χ1n) is 19.1. The molecular weight excluding hydrogens is 794 g/mol. The monoisotopic (exact) mass is 839 g/mol. The first kappa shape index (κ1) is 42.9. The Morgan fingerprint density at radius 2 is 1.60 bits per heavy atom. The summed E-state index contributed by atoms with van der Waals surface area (Å²) in [5, 5.41) is 88.1. The van der Waals surface area contributed by atoms with E-state index in [0.717, 1.165) is 6.92 Å². The Hall–Kier alpha value is -5.22. The molecule has 0 unspecified atom stereocenters. The van der Waals surface area contributed by atoms with Crippen LogP contribution in [-0.4, -0.2) is 139 Å². The van der Waals surface area contributed by atoms with Crippen molar-refractivity contribution in [3.8, 4) is 23.0 Å². The quantitative estimate of drug-likeness (QED) is 0.0962. The van der Waals surface area contributed by atoms with E-state index in [1.807, 2.05) is 0 Å². The number of ether oxygens (including phenoxy) is 6. The van der Waals surface area contributed by atoms with Crippen molar-refractivity contribution in [2.75, 3.05) is 13.7 Å². The fraction of sp³-hybridized carbons (Fsp3) is 0.463. The largest absolute Gasteiger partial charge is 0.507 e. The molecule has 0 radical (unpaired) electrons. The number of ketones is 3. The van der Waals surface area contributed by atoms with E-state index in [2.05, 4.69) is 5.32 Å². The van der Waals surface area contributed by atoms with Gasteiger partial charge in [0.25, 0.3) is 0 Å². The van der Waals surface area contributed by atoms with Crippen molar-refractivity contribution in [1.82, 2.24) is 5.32 Å². The maximum atomic E-state index is 13.9. The van der Waals surface area contributed by atoms with Gasteiger partial charge in [-0.25, -0.2) is 4.79 Å². The van der Waals surface area contributed by atoms with E-state index in [9.17, 15) is 60.0 Å². The molecule has 0 bridgehead atoms. The number of carbonyl (C=O) groups excluding carboxylic acids is 4. The predicted molar refractivity (Wildman–Crippen MR) is 200 cm³/mol. The van der Waals surface area contributed by atoms with Gasteiger partial charge in [-0.1, -0.05) is 24.3 Å². The van der Waals surface area contributed by atoms with Crippen LogP contribution in [0.4, 0.5) is 4.79 Å². The number of rotatable bonds is 10. The highest BCUT2D eigenvalue weighted by Gasteiger charge is 2.50. The van der Waals surface area contributed by atoms with Gasteiger partial charge in [-0.05, 0) is 37.6 Å². The lowest BCUT2D eigenvalue weighted by Gasteiger charge is -2.42. The predicted octanol–water partition coefficient (Wildman–Crippen LogP) is 0.175. The van der Waals surface area contributed by atoms with Crippen molar-refractivity contribution in [2.45, 2.75) is 107 Å². The number of aliphatic hydroxyl groups is 6. The second kappa shape index (κ2) is 16.7. The van der Waals surface area contributed by atoms with Gasteiger partial charge in [0, 0.05) is 36.0 Å². The zero-order chi connectivity index (χ0) is 43.4. The van der Waals surface area contributed by atoms with Crippen molar-refractivity contribution < 1.29 is 88.5 Å². The lowest BCUT2D eigenvalue weighted by atomic mass is 9.72. The molecule has 322 valence electrons. The smallest absolute Gasteiger partial charge is 0.407 e. The summed E-state index contributed by atoms with van der Waals surface area (Å²) in [6.07, 6.45) is -14.4. The normalized spacial score (nSPS) is 31.0. The highest BCUT2D eigenvalue weighted by molar-refractivity contribution is 6.31. The first-order chi connectivity index (χ1) is 28.5. The van der Waals surface area contributed by atoms with Gasteiger partial charge >= 0.3 is 6.09 Å². The number of carbonyl (C=O) groups is 4. The van der Waals surface area contributed by atoms with Gasteiger partial charge in [0.1, 0.15) is 65.7 Å². The second-order valence-electron chi connectivity index (χ2n) is 15.3. The number of amides is 1. The van der Waals surface area contributed by atoms with Crippen LogP contribution in [-0.2, 0) is 36.8 Å². The number of hydrogen-bond donors (Lipinski definition) is 9. The van der Waals surface area contributed by atoms with Crippen LogP contribution in [0.1, 0.15) is 81.3 Å². The van der Waals surface area contributed by atoms with E-state index in [-0.39, 0.29) is 46.8 Å². The third-order valence-electron chi connectivity index (χ3n) is 11.5. The van der Waals surface area contributed by atoms with Gasteiger partial charge in [0.2, 0.25) is 12.1 Å². The molecule has 4 aliphatic rings. The van der Waals surface area contributed by atoms with Crippen molar-refractivity contribution in [2.24, 2.45) is 0 Å². The van der Waals surface area contributed by atoms with E-state index < -0.39 is 132 Å². The van der Waals surface area contributed by atoms with Crippen molar-refractivity contribution >= 4 is 23.4 Å². The Balaban J connectivity index is 1.05. The lowest BCUT2D eigenvalue weighted by Crippen LogP contribution is -2.60. The van der Waals surface area contributed by atoms with Crippen LogP contribution in [0.25, 0.3) is 0 Å². The maximum Gasteiger partial charge on any atom is 0.407 e. The number of aliphatic hydroxyl groups excluding tert-OH is 5. The zero-order valence-corrected chi connectivity index (χ0v) is 32.5. The van der Waals surface area contributed by atoms with Crippen LogP contribution < -0.4 is 14.8 Å². The summed E-state index contributed by atoms with van der Waals surface area (Å²) in [5.74, 6) is -3.49. The molecule has 2 fully saturated rings. The highest BCUT2D eigenvalue weighted by atomic mass is 16.7. The summed E-state index contributed by atoms with van der Waals surface area (Å²) >= 11 is 0. The minimum atomic E-state index is -2.15. The SMILES string of the molecule is COc1cccc2c1C(=O)c1c(O)c3c(c(O)c1C2=O)C[C@@](O)(C(C)=O)C[C@@H]3O[C@H]1C[C@@H](NC(=O)OCc2ccc(O[C@H]3O[C@@H](CO)[C@H](O)[C@H](O)[C@@H]3O)cc2)[C@H](O)[C@H](C)O1. The van der Waals surface area contributed by atoms with Crippen LogP contribution in [0.2, 0.25) is 0 Å². The summed E-state index contributed by atoms with van der Waals surface area (Å²) in [5.41, 5.74) is -3.23. The van der Waals surface area contributed by atoms with E-state index in [0.29, 0.717) is 5.56 Å². The average molecular weight is 840 g/mol. The van der Waals surface area contributed by atoms with E-state index in [1.54, 1.807) is 0 Å². The molecule has 7 rings (SSSR count). The minimum Gasteiger partial charge on any atom is -0.507 e. The Morgan fingerprint density at radius 3 is 2.27 bits per heavy atom. The summed E-state index contributed by atoms with van der Waals surface area (Å²) < 4.78 is 33.8. The molecule has 19 heteroatoms. The Kier molecular flexibility index (Phi) is 11.9. The molecular formula is C41H45NO18. The molecule has 2 aliphatic heterocycles. The van der Waals surface area contributed by atoms with Crippen LogP contribution in [0, 0.1) is 0 Å². The second-order valence-corrected chi connectivity index (χ2v) is 15.3. The van der Waals surface area contributed by atoms with Crippen LogP contribution >= 0.6 is 0 Å². The molecule has 0 spiro atoms. The molecule has 3 aromatic rings. The summed E-state index contributed by atoms with van der Waals surface area (Å²) in [7, 11) is 1.30. The number of fused-ring (bicyclic) bond motifs is 3. The van der Waals surface area contributed by atoms with Gasteiger partial charge in [0.05, 0.1) is 48.7 Å². The topological polar surface area (TPSA) is 298 Å². The average Bonchev–Trinajstić information content (AvgIpc) is 3.22. The molecule has 0 saturated carbocycles. The number of methoxy groups -OCH3 is 1. The van der Waals surface area contributed by atoms with Crippen LogP contribution in [0.3, 0.4) is 0 Å². The molecule has 11 atom stereocenters. The molecule has 3 aromatic carbocycles. The van der Waals surface area contributed by atoms with Crippen LogP contribution in [0.15, 0.2) is 42.5 Å². The number of nitrogens with one attached hydrogen (secondary N) is 1. The lowest BCUT2D eigenvalue weighted by molar-refractivity contribution is -0.277. The first-order valence-corrected chi connectivity index (χ1v) is 19.1. The van der Waals surface area contributed by atoms with Gasteiger partial charge in [-0.15, -0.1) is 0 Å². The van der Waals surface area contributed by atoms with E-state index >= 15 is 0 Å². The van der Waals surface area contributed by atoms with Crippen molar-refractivity contribution in [3.05, 3.63) is 81.4 Å². The zero-order valence-electron chi connectivity index (χ0n) is 32.5. The molecule has 2 heterocycles. The van der Waals surface area contributed by atoms with Crippen molar-refractivity contribution in [1.29, 1.82) is 0 Å². The fourth-order valence-corrected chi connectivity index (χ4v) is 8.07. The molecule has 2 saturated heterocycles. The van der Waals surface area contributed by atoms with E-state index in [4.69, 9.17) is 28.4 Å². The summed E-state index contributed by atoms with van der Waals surface area (Å²) in [4.78, 5) is 53.5. The maximum absolute atomic E-state index is 13.9. The number of alkyl carbamates (subject to hydrolysis) is 1. The minimum absolute atomic E-state index is 0.0599. The standard InChI is InChI=1S/C41H45NO18/c1-16-31(45)22(42-40(53)56-15-18-7-9-19(10-8-18)58-39-38(52)37(51)34(48)25(14-43)60-39)11-26(57-16)59-24-13-41(54,17(2)44)12-21-28(24)36(50)30-29(33(21)47)32(46)20-5-4-6-23(55-3)27(20)35(30)49/h4-10,16,22,24-26,31,34,37-39,43,45,47-48,50-52,54H,11-15H2,1-3H3,(H,42,53)/t16-,22+,24-,25-,26-,31+,34-,37-,38-,39-,41-/m0/s1. The number of benzene rings is 3. The third kappa shape index (κ3) is 7.68. The number of Topliss-reactive ketones (excluding diaryl/α,β-unsaturated/α-hetero) is 1. The summed E-state index contributed by atoms with van der Waals surface area (Å²) in [6, 6.07) is 9.30. The molecule has 0 aromatic heterocycles. The Bertz CT molecular complexity index is 2180. The van der Waals surface area contributed by atoms with Gasteiger partial charge in [0.15, 0.2) is 17.9 Å². The molecule has 1 amide bonds. The van der Waals surface area contributed by atoms with Gasteiger partial charge < -0.3 is 74.6 Å². The molecule has 19 nitrogen and oxygen atoms in total. The number of hydrogen-bond acceptors (Lipinski definition) is 18. The highest BCUT2D eigenvalue weighted by Crippen LogP contribution is 2.52. The number of aromatic hydroxyl groups is 2. The summed E-state index contributed by atoms with van der Waals surface area (Å²) in [6.45, 7) is 1.76. The van der Waals surface area contributed by atoms with Gasteiger partial charge in [-0.2, -0.15) is 0 Å². The third-order valence-corrected chi connectivity index (χ3v) is 11.5. The Morgan fingerprint density at radius 1 is 0.900 bits per heavy atom. The van der Waals surface area contributed by atoms with Crippen molar-refractivity contribution in [3.63, 3.8) is 0 Å². The molecule has 2 aliphatic carbocycles. The molecule has 60 heavy (non-hydrogen) atoms.